The van der Waals surface area contributed by atoms with Gasteiger partial charge in [0.2, 0.25) is 5.91 Å². The molecule has 6 heterocycles. The molecule has 3 aliphatic heterocycles. The summed E-state index contributed by atoms with van der Waals surface area (Å²) in [6.45, 7) is 13.5. The highest BCUT2D eigenvalue weighted by Gasteiger charge is 2.64. The number of nitriles is 1. The van der Waals surface area contributed by atoms with Gasteiger partial charge in [0, 0.05) is 121 Å². The molecule has 3 aromatic heterocycles. The van der Waals surface area contributed by atoms with Crippen LogP contribution < -0.4 is 24.6 Å². The number of rotatable bonds is 11. The van der Waals surface area contributed by atoms with E-state index in [1.807, 2.05) is 41.4 Å². The SMILES string of the molecule is COc1cc(OC2C(C)(C)C(NC(=O)c3ccc(N4CCC(n5ncc6c5CCC(n5nc(N7CCCc8cc(-c9cnn(C)c9)c(C(F)F)cc87)c7c5CCN(C(C)=O)C7)C6)CC4)cc3)C2(C)C)ccc1C#N. The molecule has 0 bridgehead atoms. The Hall–Kier alpha value is -7.22. The number of hydrogen-bond donors (Lipinski definition) is 1. The smallest absolute Gasteiger partial charge is 0.264 e. The molecule has 1 unspecified atom stereocenters. The zero-order valence-corrected chi connectivity index (χ0v) is 43.4. The number of nitrogens with zero attached hydrogens (tertiary/aromatic N) is 10. The van der Waals surface area contributed by atoms with Crippen LogP contribution in [0.2, 0.25) is 0 Å². The largest absolute Gasteiger partial charge is 0.495 e. The van der Waals surface area contributed by atoms with Gasteiger partial charge in [-0.1, -0.05) is 27.7 Å². The lowest BCUT2D eigenvalue weighted by Crippen LogP contribution is -2.74. The van der Waals surface area contributed by atoms with Crippen molar-refractivity contribution in [1.29, 1.82) is 5.26 Å². The zero-order chi connectivity index (χ0) is 51.8. The lowest BCUT2D eigenvalue weighted by atomic mass is 9.49. The number of ether oxygens (including phenoxy) is 2. The van der Waals surface area contributed by atoms with Gasteiger partial charge in [-0.3, -0.25) is 23.6 Å². The van der Waals surface area contributed by atoms with Crippen molar-refractivity contribution >= 4 is 29.0 Å². The molecule has 2 fully saturated rings. The van der Waals surface area contributed by atoms with E-state index in [2.05, 4.69) is 63.3 Å². The molecule has 11 rings (SSSR count). The van der Waals surface area contributed by atoms with E-state index in [4.69, 9.17) is 19.7 Å². The Labute approximate surface area is 431 Å². The van der Waals surface area contributed by atoms with Crippen molar-refractivity contribution in [3.05, 3.63) is 118 Å². The molecule has 3 aromatic carbocycles. The summed E-state index contributed by atoms with van der Waals surface area (Å²) in [7, 11) is 3.32. The molecule has 5 aliphatic rings. The standard InChI is InChI=1S/C57H65F2N11O4/c1-34(71)67-24-20-48-46(33-67)52(68-21-8-9-36-26-44(39-31-61-65(6)32-39)45(51(58)59)28-49(36)68)64-70(48)42-15-17-47-38(25-42)30-62-69(47)41-18-22-66(23-19-41)40-13-10-35(11-14-40)53(72)63-54-56(2,3)55(57(54,4)5)74-43-16-12-37(29-60)50(27-43)73-7/h10-14,16,26-28,30-32,41-42,51,54-55H,8-9,15,17-25,33H2,1-7H3,(H,63,72). The minimum atomic E-state index is -2.67. The summed E-state index contributed by atoms with van der Waals surface area (Å²) >= 11 is 0. The first kappa shape index (κ1) is 49.0. The molecular weight excluding hydrogens is 941 g/mol. The minimum Gasteiger partial charge on any atom is -0.495 e. The van der Waals surface area contributed by atoms with Crippen molar-refractivity contribution in [3.8, 4) is 28.7 Å². The van der Waals surface area contributed by atoms with E-state index < -0.39 is 6.43 Å². The molecule has 6 aromatic rings. The maximum Gasteiger partial charge on any atom is 0.264 e. The van der Waals surface area contributed by atoms with Crippen LogP contribution in [0.4, 0.5) is 26.0 Å². The Kier molecular flexibility index (Phi) is 12.5. The van der Waals surface area contributed by atoms with Crippen LogP contribution >= 0.6 is 0 Å². The zero-order valence-electron chi connectivity index (χ0n) is 43.4. The average Bonchev–Trinajstić information content (AvgIpc) is 4.15. The molecule has 386 valence electrons. The van der Waals surface area contributed by atoms with Gasteiger partial charge >= 0.3 is 0 Å². The number of carbonyl (C=O) groups excluding carboxylic acids is 2. The Morgan fingerprint density at radius 1 is 0.865 bits per heavy atom. The fraction of sp³-hybridized carbons (Fsp3) is 0.474. The molecule has 0 radical (unpaired) electrons. The quantitative estimate of drug-likeness (QED) is 0.133. The van der Waals surface area contributed by atoms with Gasteiger partial charge in [0.25, 0.3) is 12.3 Å². The number of aryl methyl sites for hydroxylation is 2. The number of piperidine rings is 1. The van der Waals surface area contributed by atoms with E-state index in [0.717, 1.165) is 92.0 Å². The monoisotopic (exact) mass is 1010 g/mol. The predicted octanol–water partition coefficient (Wildman–Crippen LogP) is 9.47. The number of anilines is 3. The first-order chi connectivity index (χ1) is 35.5. The van der Waals surface area contributed by atoms with Crippen LogP contribution in [0.25, 0.3) is 11.1 Å². The Morgan fingerprint density at radius 2 is 1.64 bits per heavy atom. The van der Waals surface area contributed by atoms with Crippen LogP contribution in [0.1, 0.15) is 128 Å². The third-order valence-corrected chi connectivity index (χ3v) is 16.9. The van der Waals surface area contributed by atoms with Gasteiger partial charge in [0.05, 0.1) is 43.7 Å². The summed E-state index contributed by atoms with van der Waals surface area (Å²) in [6.07, 6.45) is 9.33. The number of nitrogens with one attached hydrogen (secondary N) is 1. The molecule has 1 atom stereocenters. The lowest BCUT2D eigenvalue weighted by molar-refractivity contribution is -0.164. The number of amides is 2. The van der Waals surface area contributed by atoms with Gasteiger partial charge in [0.1, 0.15) is 23.7 Å². The normalized spacial score (nSPS) is 21.0. The highest BCUT2D eigenvalue weighted by Crippen LogP contribution is 2.56. The van der Waals surface area contributed by atoms with Crippen LogP contribution in [0, 0.1) is 22.2 Å². The Bertz CT molecular complexity index is 3160. The molecule has 2 aliphatic carbocycles. The maximum atomic E-state index is 14.8. The third kappa shape index (κ3) is 8.53. The van der Waals surface area contributed by atoms with Crippen molar-refractivity contribution in [1.82, 2.24) is 39.6 Å². The molecule has 1 N–H and O–H groups in total. The van der Waals surface area contributed by atoms with Gasteiger partial charge in [-0.15, -0.1) is 0 Å². The summed E-state index contributed by atoms with van der Waals surface area (Å²) in [5.41, 5.74) is 8.98. The molecule has 1 saturated carbocycles. The van der Waals surface area contributed by atoms with Crippen LogP contribution in [0.3, 0.4) is 0 Å². The van der Waals surface area contributed by atoms with Crippen LogP contribution in [-0.4, -0.2) is 91.5 Å². The number of carbonyl (C=O) groups is 2. The van der Waals surface area contributed by atoms with Crippen LogP contribution in [0.5, 0.6) is 11.5 Å². The van der Waals surface area contributed by atoms with Gasteiger partial charge in [-0.2, -0.15) is 20.6 Å². The fourth-order valence-electron chi connectivity index (χ4n) is 13.3. The number of halogens is 2. The van der Waals surface area contributed by atoms with E-state index in [1.54, 1.807) is 55.3 Å². The summed E-state index contributed by atoms with van der Waals surface area (Å²) in [5.74, 6) is 1.74. The topological polar surface area (TPSA) is 152 Å². The van der Waals surface area contributed by atoms with Crippen molar-refractivity contribution in [3.63, 3.8) is 0 Å². The lowest BCUT2D eigenvalue weighted by Gasteiger charge is -2.63. The van der Waals surface area contributed by atoms with Crippen LogP contribution in [0.15, 0.2) is 73.2 Å². The minimum absolute atomic E-state index is 0.0112. The van der Waals surface area contributed by atoms with E-state index in [0.29, 0.717) is 59.8 Å². The highest BCUT2D eigenvalue weighted by molar-refractivity contribution is 5.95. The van der Waals surface area contributed by atoms with Crippen LogP contribution in [-0.2, 0) is 44.1 Å². The third-order valence-electron chi connectivity index (χ3n) is 16.9. The molecule has 0 spiro atoms. The first-order valence-electron chi connectivity index (χ1n) is 26.1. The average molecular weight is 1010 g/mol. The van der Waals surface area contributed by atoms with E-state index >= 15 is 0 Å². The second kappa shape index (κ2) is 18.9. The molecule has 2 amide bonds. The number of fused-ring (bicyclic) bond motifs is 3. The summed E-state index contributed by atoms with van der Waals surface area (Å²) in [5, 5.41) is 27.4. The van der Waals surface area contributed by atoms with Crippen molar-refractivity contribution in [2.75, 3.05) is 43.1 Å². The Morgan fingerprint density at radius 3 is 2.32 bits per heavy atom. The number of aromatic nitrogens is 6. The van der Waals surface area contributed by atoms with E-state index in [-0.39, 0.29) is 52.4 Å². The highest BCUT2D eigenvalue weighted by atomic mass is 19.3. The van der Waals surface area contributed by atoms with E-state index in [9.17, 15) is 23.6 Å². The van der Waals surface area contributed by atoms with Crippen molar-refractivity contribution in [2.24, 2.45) is 17.9 Å². The summed E-state index contributed by atoms with van der Waals surface area (Å²) in [6, 6.07) is 19.1. The van der Waals surface area contributed by atoms with Gasteiger partial charge < -0.3 is 29.5 Å². The second-order valence-electron chi connectivity index (χ2n) is 22.2. The molecule has 1 saturated heterocycles. The van der Waals surface area contributed by atoms with Gasteiger partial charge in [0.15, 0.2) is 5.82 Å². The fourth-order valence-corrected chi connectivity index (χ4v) is 13.3. The van der Waals surface area contributed by atoms with Crippen molar-refractivity contribution in [2.45, 2.75) is 123 Å². The van der Waals surface area contributed by atoms with E-state index in [1.165, 1.54) is 18.4 Å². The molecule has 74 heavy (non-hydrogen) atoms. The number of benzene rings is 3. The van der Waals surface area contributed by atoms with Gasteiger partial charge in [-0.25, -0.2) is 8.78 Å². The van der Waals surface area contributed by atoms with Gasteiger partial charge in [-0.05, 0) is 110 Å². The molecule has 15 nitrogen and oxygen atoms in total. The number of hydrogen-bond acceptors (Lipinski definition) is 10. The first-order valence-corrected chi connectivity index (χ1v) is 26.1. The summed E-state index contributed by atoms with van der Waals surface area (Å²) < 4.78 is 47.7. The maximum absolute atomic E-state index is 14.8. The Balaban J connectivity index is 0.748. The predicted molar refractivity (Wildman–Crippen MR) is 277 cm³/mol. The summed E-state index contributed by atoms with van der Waals surface area (Å²) in [4.78, 5) is 32.9. The molecular formula is C57H65F2N11O4. The number of methoxy groups -OCH3 is 1. The number of alkyl halides is 2. The van der Waals surface area contributed by atoms with Crippen molar-refractivity contribution < 1.29 is 27.8 Å². The molecule has 17 heteroatoms. The second-order valence-corrected chi connectivity index (χ2v) is 22.2.